The number of unbranched alkanes of at least 4 members (excludes halogenated alkanes) is 1. The molecule has 3 amide bonds. The van der Waals surface area contributed by atoms with Crippen molar-refractivity contribution in [2.75, 3.05) is 32.8 Å². The second kappa shape index (κ2) is 6.86. The van der Waals surface area contributed by atoms with Gasteiger partial charge in [-0.15, -0.1) is 0 Å². The molecule has 2 N–H and O–H groups in total. The van der Waals surface area contributed by atoms with E-state index in [9.17, 15) is 9.59 Å². The Morgan fingerprint density at radius 2 is 1.95 bits per heavy atom. The van der Waals surface area contributed by atoms with Gasteiger partial charge < -0.3 is 10.4 Å². The molecule has 1 fully saturated rings. The lowest BCUT2D eigenvalue weighted by Crippen LogP contribution is -2.42. The average molecular weight is 271 g/mol. The predicted molar refractivity (Wildman–Crippen MR) is 72.8 cm³/mol. The second-order valence-corrected chi connectivity index (χ2v) is 5.43. The minimum atomic E-state index is -0.803. The topological polar surface area (TPSA) is 72.9 Å². The summed E-state index contributed by atoms with van der Waals surface area (Å²) in [7, 11) is 0. The number of carbonyl (C=O) groups excluding carboxylic acids is 2. The van der Waals surface area contributed by atoms with E-state index in [4.69, 9.17) is 5.11 Å². The highest BCUT2D eigenvalue weighted by Crippen LogP contribution is 2.16. The van der Waals surface area contributed by atoms with Crippen LogP contribution in [0.1, 0.15) is 33.6 Å². The van der Waals surface area contributed by atoms with Gasteiger partial charge in [0.2, 0.25) is 0 Å². The molecular weight excluding hydrogens is 246 g/mol. The standard InChI is InChI=1S/C13H25N3O3/c1-4-5-6-15(9-10-17)7-8-16-11(18)13(2,3)14-12(16)19/h17H,4-10H2,1-3H3,(H,14,19). The summed E-state index contributed by atoms with van der Waals surface area (Å²) in [5, 5.41) is 11.7. The highest BCUT2D eigenvalue weighted by Gasteiger charge is 2.43. The number of aliphatic hydroxyl groups excluding tert-OH is 1. The molecule has 0 unspecified atom stereocenters. The fourth-order valence-corrected chi connectivity index (χ4v) is 2.12. The summed E-state index contributed by atoms with van der Waals surface area (Å²) < 4.78 is 0. The van der Waals surface area contributed by atoms with Crippen LogP contribution in [0, 0.1) is 0 Å². The lowest BCUT2D eigenvalue weighted by molar-refractivity contribution is -0.130. The molecule has 110 valence electrons. The zero-order chi connectivity index (χ0) is 14.5. The van der Waals surface area contributed by atoms with Crippen molar-refractivity contribution in [3.8, 4) is 0 Å². The van der Waals surface area contributed by atoms with Crippen molar-refractivity contribution < 1.29 is 14.7 Å². The van der Waals surface area contributed by atoms with Gasteiger partial charge in [0.1, 0.15) is 5.54 Å². The van der Waals surface area contributed by atoms with Crippen molar-refractivity contribution in [2.24, 2.45) is 0 Å². The second-order valence-electron chi connectivity index (χ2n) is 5.43. The van der Waals surface area contributed by atoms with E-state index in [0.29, 0.717) is 19.6 Å². The number of hydrogen-bond acceptors (Lipinski definition) is 4. The molecular formula is C13H25N3O3. The van der Waals surface area contributed by atoms with Crippen LogP contribution in [0.25, 0.3) is 0 Å². The van der Waals surface area contributed by atoms with E-state index in [1.54, 1.807) is 13.8 Å². The summed E-state index contributed by atoms with van der Waals surface area (Å²) in [4.78, 5) is 27.0. The molecule has 0 saturated carbocycles. The molecule has 1 heterocycles. The van der Waals surface area contributed by atoms with Gasteiger partial charge in [-0.1, -0.05) is 13.3 Å². The van der Waals surface area contributed by atoms with Gasteiger partial charge in [-0.25, -0.2) is 4.79 Å². The lowest BCUT2D eigenvalue weighted by Gasteiger charge is -2.23. The summed E-state index contributed by atoms with van der Waals surface area (Å²) in [6, 6.07) is -0.325. The molecule has 0 spiro atoms. The number of hydrogen-bond donors (Lipinski definition) is 2. The number of urea groups is 1. The fraction of sp³-hybridized carbons (Fsp3) is 0.846. The van der Waals surface area contributed by atoms with E-state index in [-0.39, 0.29) is 18.5 Å². The van der Waals surface area contributed by atoms with Crippen LogP contribution < -0.4 is 5.32 Å². The van der Waals surface area contributed by atoms with Crippen molar-refractivity contribution in [2.45, 2.75) is 39.2 Å². The van der Waals surface area contributed by atoms with Crippen molar-refractivity contribution in [3.05, 3.63) is 0 Å². The highest BCUT2D eigenvalue weighted by atomic mass is 16.3. The summed E-state index contributed by atoms with van der Waals surface area (Å²) in [5.74, 6) is -0.183. The maximum Gasteiger partial charge on any atom is 0.325 e. The smallest absolute Gasteiger partial charge is 0.325 e. The van der Waals surface area contributed by atoms with Crippen molar-refractivity contribution in [1.82, 2.24) is 15.1 Å². The lowest BCUT2D eigenvalue weighted by atomic mass is 10.1. The first-order valence-electron chi connectivity index (χ1n) is 6.89. The number of nitrogens with one attached hydrogen (secondary N) is 1. The molecule has 1 rings (SSSR count). The molecule has 0 aromatic carbocycles. The number of carbonyl (C=O) groups is 2. The van der Waals surface area contributed by atoms with Crippen molar-refractivity contribution in [3.63, 3.8) is 0 Å². The molecule has 19 heavy (non-hydrogen) atoms. The van der Waals surface area contributed by atoms with Gasteiger partial charge in [0.25, 0.3) is 5.91 Å². The zero-order valence-electron chi connectivity index (χ0n) is 12.1. The molecule has 0 radical (unpaired) electrons. The Morgan fingerprint density at radius 1 is 1.26 bits per heavy atom. The maximum atomic E-state index is 12.0. The van der Waals surface area contributed by atoms with Crippen LogP contribution in [0.15, 0.2) is 0 Å². The van der Waals surface area contributed by atoms with E-state index in [2.05, 4.69) is 17.1 Å². The van der Waals surface area contributed by atoms with Gasteiger partial charge >= 0.3 is 6.03 Å². The van der Waals surface area contributed by atoms with E-state index in [0.717, 1.165) is 19.4 Å². The van der Waals surface area contributed by atoms with E-state index in [1.807, 2.05) is 0 Å². The van der Waals surface area contributed by atoms with Crippen molar-refractivity contribution >= 4 is 11.9 Å². The number of aliphatic hydroxyl groups is 1. The minimum absolute atomic E-state index is 0.0926. The van der Waals surface area contributed by atoms with Gasteiger partial charge in [0.15, 0.2) is 0 Å². The Kier molecular flexibility index (Phi) is 5.75. The average Bonchev–Trinajstić information content (AvgIpc) is 2.53. The summed E-state index contributed by atoms with van der Waals surface area (Å²) >= 11 is 0. The third kappa shape index (κ3) is 4.18. The minimum Gasteiger partial charge on any atom is -0.395 e. The highest BCUT2D eigenvalue weighted by molar-refractivity contribution is 6.06. The Morgan fingerprint density at radius 3 is 2.42 bits per heavy atom. The summed E-state index contributed by atoms with van der Waals surface area (Å²) in [6.07, 6.45) is 2.13. The normalized spacial score (nSPS) is 18.3. The van der Waals surface area contributed by atoms with E-state index >= 15 is 0 Å². The Hall–Kier alpha value is -1.14. The van der Waals surface area contributed by atoms with Crippen LogP contribution >= 0.6 is 0 Å². The van der Waals surface area contributed by atoms with Crippen LogP contribution in [-0.2, 0) is 4.79 Å². The third-order valence-electron chi connectivity index (χ3n) is 3.33. The molecule has 0 atom stereocenters. The SMILES string of the molecule is CCCCN(CCO)CCN1C(=O)NC(C)(C)C1=O. The maximum absolute atomic E-state index is 12.0. The molecule has 1 aliphatic rings. The molecule has 0 aromatic rings. The van der Waals surface area contributed by atoms with Crippen LogP contribution in [0.3, 0.4) is 0 Å². The zero-order valence-corrected chi connectivity index (χ0v) is 12.1. The Balaban J connectivity index is 2.49. The summed E-state index contributed by atoms with van der Waals surface area (Å²) in [5.41, 5.74) is -0.803. The fourth-order valence-electron chi connectivity index (χ4n) is 2.12. The first-order chi connectivity index (χ1) is 8.92. The van der Waals surface area contributed by atoms with Crippen molar-refractivity contribution in [1.29, 1.82) is 0 Å². The molecule has 0 aliphatic carbocycles. The number of amides is 3. The van der Waals surface area contributed by atoms with Crippen LogP contribution in [-0.4, -0.2) is 65.2 Å². The van der Waals surface area contributed by atoms with Gasteiger partial charge in [-0.2, -0.15) is 0 Å². The number of rotatable bonds is 8. The molecule has 1 saturated heterocycles. The van der Waals surface area contributed by atoms with Gasteiger partial charge in [-0.3, -0.25) is 14.6 Å². The number of imide groups is 1. The first kappa shape index (κ1) is 15.9. The Bertz CT molecular complexity index is 331. The largest absolute Gasteiger partial charge is 0.395 e. The molecule has 6 heteroatoms. The van der Waals surface area contributed by atoms with Gasteiger partial charge in [0, 0.05) is 19.6 Å². The molecule has 0 aromatic heterocycles. The van der Waals surface area contributed by atoms with Crippen LogP contribution in [0.2, 0.25) is 0 Å². The van der Waals surface area contributed by atoms with E-state index in [1.165, 1.54) is 4.90 Å². The molecule has 6 nitrogen and oxygen atoms in total. The van der Waals surface area contributed by atoms with Gasteiger partial charge in [0.05, 0.1) is 6.61 Å². The molecule has 0 bridgehead atoms. The Labute approximate surface area is 114 Å². The monoisotopic (exact) mass is 271 g/mol. The molecule has 1 aliphatic heterocycles. The van der Waals surface area contributed by atoms with Crippen LogP contribution in [0.4, 0.5) is 4.79 Å². The quantitative estimate of drug-likeness (QED) is 0.627. The number of nitrogens with zero attached hydrogens (tertiary/aromatic N) is 2. The first-order valence-corrected chi connectivity index (χ1v) is 6.89. The third-order valence-corrected chi connectivity index (χ3v) is 3.33. The van der Waals surface area contributed by atoms with Crippen LogP contribution in [0.5, 0.6) is 0 Å². The summed E-state index contributed by atoms with van der Waals surface area (Å²) in [6.45, 7) is 8.04. The van der Waals surface area contributed by atoms with E-state index < -0.39 is 5.54 Å². The van der Waals surface area contributed by atoms with Gasteiger partial charge in [-0.05, 0) is 26.8 Å². The predicted octanol–water partition coefficient (Wildman–Crippen LogP) is 0.411.